The summed E-state index contributed by atoms with van der Waals surface area (Å²) in [5.74, 6) is -2.65. The van der Waals surface area contributed by atoms with E-state index in [0.29, 0.717) is 12.8 Å². The Bertz CT molecular complexity index is 913. The molecule has 2 saturated heterocycles. The van der Waals surface area contributed by atoms with E-state index in [4.69, 9.17) is 14.2 Å². The summed E-state index contributed by atoms with van der Waals surface area (Å²) in [4.78, 5) is 12.1. The van der Waals surface area contributed by atoms with Crippen molar-refractivity contribution in [3.63, 3.8) is 0 Å². The summed E-state index contributed by atoms with van der Waals surface area (Å²) in [5.41, 5.74) is -2.24. The Balaban J connectivity index is 1.89. The second kappa shape index (κ2) is 8.01. The molecule has 0 aliphatic carbocycles. The summed E-state index contributed by atoms with van der Waals surface area (Å²) < 4.78 is 89.0. The number of alkyl halides is 3. The fraction of sp³-hybridized carbons (Fsp3) is 0.632. The molecule has 0 spiro atoms. The first-order valence-electron chi connectivity index (χ1n) is 9.48. The molecular formula is C19H22F3O7S-. The van der Waals surface area contributed by atoms with Crippen LogP contribution in [0.25, 0.3) is 0 Å². The van der Waals surface area contributed by atoms with Crippen molar-refractivity contribution in [3.05, 3.63) is 29.3 Å². The van der Waals surface area contributed by atoms with Crippen LogP contribution in [0.2, 0.25) is 0 Å². The number of esters is 1. The highest BCUT2D eigenvalue weighted by molar-refractivity contribution is 7.85. The zero-order valence-electron chi connectivity index (χ0n) is 16.4. The molecule has 2 bridgehead atoms. The van der Waals surface area contributed by atoms with Crippen LogP contribution < -0.4 is 4.74 Å². The minimum atomic E-state index is -4.72. The van der Waals surface area contributed by atoms with Gasteiger partial charge in [-0.1, -0.05) is 13.8 Å². The molecule has 3 atom stereocenters. The van der Waals surface area contributed by atoms with E-state index in [2.05, 4.69) is 0 Å². The Labute approximate surface area is 172 Å². The standard InChI is InChI=1S/C19H23F3O7S/c1-11(2)18(10-13-4-6-16(18)28-13)29-15-9-12(3-5-14(15)19(20,21)22)17(23)27-7-8-30(24,25)26/h3,5,9,11,13,16H,4,6-8,10H2,1-2H3,(H,24,25,26)/p-1. The van der Waals surface area contributed by atoms with E-state index in [1.54, 1.807) is 0 Å². The van der Waals surface area contributed by atoms with Crippen molar-refractivity contribution >= 4 is 16.1 Å². The first kappa shape index (κ1) is 22.8. The number of hydrogen-bond donors (Lipinski definition) is 0. The molecule has 0 saturated carbocycles. The third-order valence-corrected chi connectivity index (χ3v) is 6.23. The van der Waals surface area contributed by atoms with Crippen molar-refractivity contribution in [2.45, 2.75) is 57.1 Å². The first-order valence-corrected chi connectivity index (χ1v) is 11.1. The average Bonchev–Trinajstić information content (AvgIpc) is 3.21. The van der Waals surface area contributed by atoms with Crippen molar-refractivity contribution in [2.75, 3.05) is 12.4 Å². The summed E-state index contributed by atoms with van der Waals surface area (Å²) in [7, 11) is -4.59. The molecule has 7 nitrogen and oxygen atoms in total. The highest BCUT2D eigenvalue weighted by Crippen LogP contribution is 2.49. The maximum Gasteiger partial charge on any atom is 0.419 e. The van der Waals surface area contributed by atoms with E-state index >= 15 is 0 Å². The molecule has 168 valence electrons. The van der Waals surface area contributed by atoms with E-state index in [0.717, 1.165) is 24.6 Å². The molecule has 1 aromatic carbocycles. The van der Waals surface area contributed by atoms with Gasteiger partial charge in [0.15, 0.2) is 0 Å². The summed E-state index contributed by atoms with van der Waals surface area (Å²) in [6.07, 6.45) is -3.19. The van der Waals surface area contributed by atoms with Crippen molar-refractivity contribution < 1.29 is 45.1 Å². The minimum absolute atomic E-state index is 0.0751. The van der Waals surface area contributed by atoms with Gasteiger partial charge < -0.3 is 18.8 Å². The zero-order valence-corrected chi connectivity index (χ0v) is 17.2. The number of benzene rings is 1. The SMILES string of the molecule is CC(C)C1(Oc2cc(C(=O)OCCS(=O)(=O)[O-])ccc2C(F)(F)F)CC2CCC1O2. The second-order valence-corrected chi connectivity index (χ2v) is 9.37. The first-order chi connectivity index (χ1) is 13.8. The van der Waals surface area contributed by atoms with Crippen LogP contribution in [0.1, 0.15) is 49.0 Å². The quantitative estimate of drug-likeness (QED) is 0.464. The molecule has 2 heterocycles. The number of fused-ring (bicyclic) bond motifs is 2. The summed E-state index contributed by atoms with van der Waals surface area (Å²) in [5, 5.41) is 0. The maximum atomic E-state index is 13.6. The maximum absolute atomic E-state index is 13.6. The van der Waals surface area contributed by atoms with Gasteiger partial charge in [-0.3, -0.25) is 0 Å². The smallest absolute Gasteiger partial charge is 0.419 e. The molecule has 11 heteroatoms. The molecule has 30 heavy (non-hydrogen) atoms. The van der Waals surface area contributed by atoms with Gasteiger partial charge in [0.2, 0.25) is 0 Å². The van der Waals surface area contributed by atoms with Gasteiger partial charge in [0, 0.05) is 6.42 Å². The zero-order chi connectivity index (χ0) is 22.3. The summed E-state index contributed by atoms with van der Waals surface area (Å²) in [6, 6.07) is 2.58. The molecule has 2 aliphatic heterocycles. The van der Waals surface area contributed by atoms with Crippen LogP contribution in [-0.4, -0.2) is 49.1 Å². The van der Waals surface area contributed by atoms with Crippen LogP contribution >= 0.6 is 0 Å². The Hall–Kier alpha value is -1.85. The van der Waals surface area contributed by atoms with E-state index in [-0.39, 0.29) is 23.7 Å². The highest BCUT2D eigenvalue weighted by atomic mass is 32.2. The lowest BCUT2D eigenvalue weighted by Gasteiger charge is -2.40. The highest BCUT2D eigenvalue weighted by Gasteiger charge is 2.56. The number of halogens is 3. The number of carbonyl (C=O) groups is 1. The molecule has 3 unspecified atom stereocenters. The van der Waals surface area contributed by atoms with Gasteiger partial charge in [-0.25, -0.2) is 13.2 Å². The Kier molecular flexibility index (Phi) is 6.09. The van der Waals surface area contributed by atoms with Crippen LogP contribution in [0.3, 0.4) is 0 Å². The topological polar surface area (TPSA) is 102 Å². The van der Waals surface area contributed by atoms with Crippen LogP contribution in [0.5, 0.6) is 5.75 Å². The lowest BCUT2D eigenvalue weighted by Crippen LogP contribution is -2.50. The summed E-state index contributed by atoms with van der Waals surface area (Å²) in [6.45, 7) is 2.99. The lowest BCUT2D eigenvalue weighted by molar-refractivity contribution is -0.141. The van der Waals surface area contributed by atoms with Crippen molar-refractivity contribution in [1.82, 2.24) is 0 Å². The molecule has 0 N–H and O–H groups in total. The largest absolute Gasteiger partial charge is 0.748 e. The Morgan fingerprint density at radius 3 is 2.53 bits per heavy atom. The Morgan fingerprint density at radius 2 is 2.03 bits per heavy atom. The molecule has 3 rings (SSSR count). The fourth-order valence-corrected chi connectivity index (χ4v) is 4.32. The molecular weight excluding hydrogens is 429 g/mol. The van der Waals surface area contributed by atoms with E-state index in [1.165, 1.54) is 0 Å². The van der Waals surface area contributed by atoms with Crippen molar-refractivity contribution in [3.8, 4) is 5.75 Å². The normalized spacial score (nSPS) is 26.2. The molecule has 0 radical (unpaired) electrons. The summed E-state index contributed by atoms with van der Waals surface area (Å²) >= 11 is 0. The van der Waals surface area contributed by atoms with Crippen LogP contribution in [0.15, 0.2) is 18.2 Å². The van der Waals surface area contributed by atoms with E-state index in [9.17, 15) is 30.9 Å². The number of carbonyl (C=O) groups excluding carboxylic acids is 1. The van der Waals surface area contributed by atoms with E-state index in [1.807, 2.05) is 13.8 Å². The third kappa shape index (κ3) is 4.73. The molecule has 2 fully saturated rings. The van der Waals surface area contributed by atoms with Gasteiger partial charge in [0.05, 0.1) is 39.2 Å². The van der Waals surface area contributed by atoms with Gasteiger partial charge in [-0.05, 0) is 37.0 Å². The second-order valence-electron chi connectivity index (χ2n) is 7.85. The third-order valence-electron chi connectivity index (χ3n) is 5.57. The lowest BCUT2D eigenvalue weighted by atomic mass is 9.76. The van der Waals surface area contributed by atoms with Gasteiger partial charge in [0.1, 0.15) is 18.0 Å². The fourth-order valence-electron chi connectivity index (χ4n) is 4.03. The number of rotatable bonds is 7. The van der Waals surface area contributed by atoms with Gasteiger partial charge in [0.25, 0.3) is 0 Å². The van der Waals surface area contributed by atoms with Crippen molar-refractivity contribution in [1.29, 1.82) is 0 Å². The molecule has 0 aromatic heterocycles. The molecule has 1 aromatic rings. The number of ether oxygens (including phenoxy) is 3. The predicted molar refractivity (Wildman–Crippen MR) is 97.0 cm³/mol. The van der Waals surface area contributed by atoms with E-state index < -0.39 is 51.5 Å². The molecule has 0 amide bonds. The van der Waals surface area contributed by atoms with Gasteiger partial charge in [-0.15, -0.1) is 0 Å². The minimum Gasteiger partial charge on any atom is -0.748 e. The number of hydrogen-bond acceptors (Lipinski definition) is 7. The van der Waals surface area contributed by atoms with Crippen LogP contribution in [-0.2, 0) is 25.8 Å². The van der Waals surface area contributed by atoms with Crippen LogP contribution in [0.4, 0.5) is 13.2 Å². The monoisotopic (exact) mass is 451 g/mol. The average molecular weight is 451 g/mol. The van der Waals surface area contributed by atoms with Crippen LogP contribution in [0, 0.1) is 5.92 Å². The molecule has 2 aliphatic rings. The predicted octanol–water partition coefficient (Wildman–Crippen LogP) is 3.13. The Morgan fingerprint density at radius 1 is 1.33 bits per heavy atom. The van der Waals surface area contributed by atoms with Crippen molar-refractivity contribution in [2.24, 2.45) is 5.92 Å². The van der Waals surface area contributed by atoms with Gasteiger partial charge in [-0.2, -0.15) is 13.2 Å². The van der Waals surface area contributed by atoms with Gasteiger partial charge >= 0.3 is 12.1 Å².